The van der Waals surface area contributed by atoms with Crippen LogP contribution in [0.5, 0.6) is 5.75 Å². The number of allylic oxidation sites excluding steroid dienone is 1. The Labute approximate surface area is 143 Å². The van der Waals surface area contributed by atoms with E-state index in [0.29, 0.717) is 18.4 Å². The van der Waals surface area contributed by atoms with E-state index in [1.807, 2.05) is 33.0 Å². The molecule has 2 aliphatic rings. The van der Waals surface area contributed by atoms with Crippen molar-refractivity contribution in [2.45, 2.75) is 51.2 Å². The SMILES string of the molecule is C=C[C@H]1CC1c1cncc(OC[C@@H]2CCN2C(=O)OC(C)(C)C)c1. The molecular weight excluding hydrogens is 304 g/mol. The van der Waals surface area contributed by atoms with Crippen LogP contribution in [0.15, 0.2) is 31.1 Å². The van der Waals surface area contributed by atoms with Crippen molar-refractivity contribution in [3.05, 3.63) is 36.7 Å². The molecule has 0 radical (unpaired) electrons. The van der Waals surface area contributed by atoms with Crippen molar-refractivity contribution >= 4 is 6.09 Å². The summed E-state index contributed by atoms with van der Waals surface area (Å²) < 4.78 is 11.3. The number of rotatable bonds is 5. The van der Waals surface area contributed by atoms with Gasteiger partial charge in [0.1, 0.15) is 18.0 Å². The molecule has 5 nitrogen and oxygen atoms in total. The second kappa shape index (κ2) is 6.46. The fraction of sp³-hybridized carbons (Fsp3) is 0.579. The number of likely N-dealkylation sites (tertiary alicyclic amines) is 1. The first-order chi connectivity index (χ1) is 11.4. The van der Waals surface area contributed by atoms with Gasteiger partial charge in [-0.05, 0) is 57.1 Å². The number of carbonyl (C=O) groups excluding carboxylic acids is 1. The smallest absolute Gasteiger partial charge is 0.410 e. The molecule has 24 heavy (non-hydrogen) atoms. The first-order valence-electron chi connectivity index (χ1n) is 8.57. The number of nitrogens with zero attached hydrogens (tertiary/aromatic N) is 2. The van der Waals surface area contributed by atoms with Crippen molar-refractivity contribution in [2.24, 2.45) is 5.92 Å². The molecule has 1 saturated carbocycles. The fourth-order valence-electron chi connectivity index (χ4n) is 2.94. The summed E-state index contributed by atoms with van der Waals surface area (Å²) in [7, 11) is 0. The van der Waals surface area contributed by atoms with Gasteiger partial charge in [-0.1, -0.05) is 6.08 Å². The van der Waals surface area contributed by atoms with Crippen LogP contribution in [0.2, 0.25) is 0 Å². The van der Waals surface area contributed by atoms with Crippen LogP contribution in [-0.2, 0) is 4.74 Å². The highest BCUT2D eigenvalue weighted by molar-refractivity contribution is 5.69. The molecule has 1 aromatic rings. The maximum Gasteiger partial charge on any atom is 0.410 e. The monoisotopic (exact) mass is 330 g/mol. The maximum absolute atomic E-state index is 12.1. The zero-order chi connectivity index (χ0) is 17.3. The predicted octanol–water partition coefficient (Wildman–Crippen LogP) is 3.76. The number of carbonyl (C=O) groups is 1. The maximum atomic E-state index is 12.1. The quantitative estimate of drug-likeness (QED) is 0.771. The molecule has 1 saturated heterocycles. The lowest BCUT2D eigenvalue weighted by atomic mass is 10.1. The third-order valence-corrected chi connectivity index (χ3v) is 4.52. The van der Waals surface area contributed by atoms with Gasteiger partial charge in [0, 0.05) is 12.7 Å². The minimum Gasteiger partial charge on any atom is -0.490 e. The van der Waals surface area contributed by atoms with Gasteiger partial charge in [-0.3, -0.25) is 4.98 Å². The Hall–Kier alpha value is -2.04. The first kappa shape index (κ1) is 16.8. The van der Waals surface area contributed by atoms with E-state index < -0.39 is 5.60 Å². The second-order valence-electron chi connectivity index (χ2n) is 7.62. The Bertz CT molecular complexity index is 623. The van der Waals surface area contributed by atoms with E-state index in [-0.39, 0.29) is 12.1 Å². The van der Waals surface area contributed by atoms with Crippen molar-refractivity contribution in [3.63, 3.8) is 0 Å². The molecule has 0 bridgehead atoms. The lowest BCUT2D eigenvalue weighted by Crippen LogP contribution is -2.55. The van der Waals surface area contributed by atoms with E-state index in [1.165, 1.54) is 5.56 Å². The van der Waals surface area contributed by atoms with Crippen LogP contribution in [0.3, 0.4) is 0 Å². The van der Waals surface area contributed by atoms with E-state index >= 15 is 0 Å². The summed E-state index contributed by atoms with van der Waals surface area (Å²) >= 11 is 0. The van der Waals surface area contributed by atoms with Gasteiger partial charge in [-0.2, -0.15) is 0 Å². The average molecular weight is 330 g/mol. The fourth-order valence-corrected chi connectivity index (χ4v) is 2.94. The molecule has 5 heteroatoms. The van der Waals surface area contributed by atoms with Gasteiger partial charge in [0.15, 0.2) is 0 Å². The molecule has 2 heterocycles. The molecule has 0 spiro atoms. The van der Waals surface area contributed by atoms with E-state index in [1.54, 1.807) is 11.1 Å². The van der Waals surface area contributed by atoms with Crippen molar-refractivity contribution in [3.8, 4) is 5.75 Å². The summed E-state index contributed by atoms with van der Waals surface area (Å²) in [6, 6.07) is 2.13. The van der Waals surface area contributed by atoms with E-state index in [4.69, 9.17) is 9.47 Å². The summed E-state index contributed by atoms with van der Waals surface area (Å²) in [6.45, 7) is 10.7. The average Bonchev–Trinajstić information content (AvgIpc) is 3.24. The number of ether oxygens (including phenoxy) is 2. The molecule has 3 atom stereocenters. The largest absolute Gasteiger partial charge is 0.490 e. The molecule has 2 fully saturated rings. The molecule has 1 aliphatic carbocycles. The molecular formula is C19H26N2O3. The Morgan fingerprint density at radius 2 is 2.25 bits per heavy atom. The predicted molar refractivity (Wildman–Crippen MR) is 92.1 cm³/mol. The highest BCUT2D eigenvalue weighted by atomic mass is 16.6. The van der Waals surface area contributed by atoms with Gasteiger partial charge >= 0.3 is 6.09 Å². The first-order valence-corrected chi connectivity index (χ1v) is 8.57. The normalized spacial score (nSPS) is 25.6. The summed E-state index contributed by atoms with van der Waals surface area (Å²) in [5.41, 5.74) is 0.734. The van der Waals surface area contributed by atoms with Gasteiger partial charge in [0.25, 0.3) is 0 Å². The zero-order valence-electron chi connectivity index (χ0n) is 14.7. The van der Waals surface area contributed by atoms with Gasteiger partial charge in [-0.25, -0.2) is 4.79 Å². The lowest BCUT2D eigenvalue weighted by molar-refractivity contribution is -0.0141. The number of amides is 1. The van der Waals surface area contributed by atoms with Crippen LogP contribution in [0, 0.1) is 5.92 Å². The van der Waals surface area contributed by atoms with Gasteiger partial charge in [0.2, 0.25) is 0 Å². The van der Waals surface area contributed by atoms with E-state index in [2.05, 4.69) is 17.6 Å². The summed E-state index contributed by atoms with van der Waals surface area (Å²) in [5.74, 6) is 1.86. The van der Waals surface area contributed by atoms with Crippen molar-refractivity contribution in [1.29, 1.82) is 0 Å². The van der Waals surface area contributed by atoms with Crippen LogP contribution >= 0.6 is 0 Å². The molecule has 1 unspecified atom stereocenters. The molecule has 1 amide bonds. The Balaban J connectivity index is 1.52. The van der Waals surface area contributed by atoms with Crippen LogP contribution in [0.1, 0.15) is 45.1 Å². The Morgan fingerprint density at radius 1 is 1.46 bits per heavy atom. The van der Waals surface area contributed by atoms with Gasteiger partial charge in [-0.15, -0.1) is 6.58 Å². The minimum absolute atomic E-state index is 0.0744. The zero-order valence-corrected chi connectivity index (χ0v) is 14.7. The third-order valence-electron chi connectivity index (χ3n) is 4.52. The number of aromatic nitrogens is 1. The van der Waals surface area contributed by atoms with Gasteiger partial charge in [0.05, 0.1) is 12.2 Å². The van der Waals surface area contributed by atoms with E-state index in [0.717, 1.165) is 25.1 Å². The molecule has 3 rings (SSSR count). The molecule has 0 N–H and O–H groups in total. The van der Waals surface area contributed by atoms with Crippen LogP contribution in [0.4, 0.5) is 4.79 Å². The Morgan fingerprint density at radius 3 is 2.83 bits per heavy atom. The molecule has 1 aromatic heterocycles. The van der Waals surface area contributed by atoms with Crippen molar-refractivity contribution in [1.82, 2.24) is 9.88 Å². The highest BCUT2D eigenvalue weighted by Gasteiger charge is 2.37. The summed E-state index contributed by atoms with van der Waals surface area (Å²) in [4.78, 5) is 18.1. The number of hydrogen-bond donors (Lipinski definition) is 0. The molecule has 0 aromatic carbocycles. The third kappa shape index (κ3) is 3.89. The summed E-state index contributed by atoms with van der Waals surface area (Å²) in [5, 5.41) is 0. The van der Waals surface area contributed by atoms with Crippen molar-refractivity contribution < 1.29 is 14.3 Å². The van der Waals surface area contributed by atoms with Crippen LogP contribution < -0.4 is 4.74 Å². The number of hydrogen-bond acceptors (Lipinski definition) is 4. The highest BCUT2D eigenvalue weighted by Crippen LogP contribution is 2.48. The van der Waals surface area contributed by atoms with Crippen LogP contribution in [-0.4, -0.2) is 40.8 Å². The molecule has 1 aliphatic heterocycles. The van der Waals surface area contributed by atoms with Crippen molar-refractivity contribution in [2.75, 3.05) is 13.2 Å². The van der Waals surface area contributed by atoms with E-state index in [9.17, 15) is 4.79 Å². The Kier molecular flexibility index (Phi) is 4.52. The van der Waals surface area contributed by atoms with Crippen LogP contribution in [0.25, 0.3) is 0 Å². The number of pyridine rings is 1. The standard InChI is InChI=1S/C19H26N2O3/c1-5-13-9-17(13)14-8-16(11-20-10-14)23-12-15-6-7-21(15)18(22)24-19(2,3)4/h5,8,10-11,13,15,17H,1,6-7,9,12H2,2-4H3/t13-,15-,17?/m0/s1. The summed E-state index contributed by atoms with van der Waals surface area (Å²) in [6.07, 6.45) is 7.45. The minimum atomic E-state index is -0.470. The lowest BCUT2D eigenvalue weighted by Gasteiger charge is -2.40. The topological polar surface area (TPSA) is 51.7 Å². The van der Waals surface area contributed by atoms with Gasteiger partial charge < -0.3 is 14.4 Å². The molecule has 130 valence electrons. The second-order valence-corrected chi connectivity index (χ2v) is 7.62.